The summed E-state index contributed by atoms with van der Waals surface area (Å²) < 4.78 is 1.96. The van der Waals surface area contributed by atoms with Gasteiger partial charge in [-0.05, 0) is 49.4 Å². The van der Waals surface area contributed by atoms with Crippen molar-refractivity contribution in [2.24, 2.45) is 0 Å². The van der Waals surface area contributed by atoms with E-state index in [1.165, 1.54) is 0 Å². The minimum absolute atomic E-state index is 0.557. The smallest absolute Gasteiger partial charge is 0.257 e. The number of anilines is 2. The molecule has 0 aliphatic carbocycles. The number of aromatic nitrogens is 4. The molecule has 0 fully saturated rings. The van der Waals surface area contributed by atoms with Crippen LogP contribution in [0.2, 0.25) is 0 Å². The first kappa shape index (κ1) is 17.0. The number of hydrogen-bond acceptors (Lipinski definition) is 4. The molecule has 0 unspecified atom stereocenters. The van der Waals surface area contributed by atoms with Gasteiger partial charge < -0.3 is 5.32 Å². The molecule has 2 aromatic heterocycles. The normalized spacial score (nSPS) is 10.7. The van der Waals surface area contributed by atoms with Crippen molar-refractivity contribution in [2.75, 3.05) is 5.32 Å². The molecule has 5 heteroatoms. The lowest BCUT2D eigenvalue weighted by atomic mass is 10.1. The highest BCUT2D eigenvalue weighted by atomic mass is 15.3. The largest absolute Gasteiger partial charge is 0.340 e. The molecule has 0 bridgehead atoms. The van der Waals surface area contributed by atoms with Gasteiger partial charge in [-0.1, -0.05) is 48.2 Å². The first-order valence-corrected chi connectivity index (χ1v) is 9.32. The fraction of sp³-hybridized carbons (Fsp3) is 0.0417. The van der Waals surface area contributed by atoms with Crippen LogP contribution >= 0.6 is 0 Å². The molecule has 0 saturated carbocycles. The zero-order valence-corrected chi connectivity index (χ0v) is 15.8. The Bertz CT molecular complexity index is 1380. The Labute approximate surface area is 168 Å². The topological polar surface area (TPSA) is 55.1 Å². The molecular formula is C24H17N5. The van der Waals surface area contributed by atoms with Crippen LogP contribution in [-0.4, -0.2) is 19.6 Å². The van der Waals surface area contributed by atoms with E-state index < -0.39 is 0 Å². The van der Waals surface area contributed by atoms with Crippen LogP contribution in [0.3, 0.4) is 0 Å². The molecule has 5 nitrogen and oxygen atoms in total. The Balaban J connectivity index is 1.67. The first-order valence-electron chi connectivity index (χ1n) is 9.32. The van der Waals surface area contributed by atoms with Gasteiger partial charge in [0.25, 0.3) is 5.78 Å². The van der Waals surface area contributed by atoms with Crippen molar-refractivity contribution in [3.63, 3.8) is 0 Å². The molecule has 1 N–H and O–H groups in total. The van der Waals surface area contributed by atoms with Gasteiger partial charge in [-0.25, -0.2) is 0 Å². The van der Waals surface area contributed by atoms with Crippen molar-refractivity contribution in [3.05, 3.63) is 95.8 Å². The molecule has 3 aromatic carbocycles. The summed E-state index contributed by atoms with van der Waals surface area (Å²) in [5.41, 5.74) is 3.85. The van der Waals surface area contributed by atoms with Crippen molar-refractivity contribution in [3.8, 4) is 11.8 Å². The van der Waals surface area contributed by atoms with Gasteiger partial charge >= 0.3 is 0 Å². The van der Waals surface area contributed by atoms with E-state index in [0.29, 0.717) is 5.78 Å². The maximum Gasteiger partial charge on any atom is 0.257 e. The highest BCUT2D eigenvalue weighted by Crippen LogP contribution is 2.27. The Morgan fingerprint density at radius 3 is 2.31 bits per heavy atom. The lowest BCUT2D eigenvalue weighted by molar-refractivity contribution is 1.02. The summed E-state index contributed by atoms with van der Waals surface area (Å²) in [5.74, 6) is 8.56. The van der Waals surface area contributed by atoms with Gasteiger partial charge in [0.05, 0.1) is 5.52 Å². The molecule has 138 valence electrons. The van der Waals surface area contributed by atoms with Gasteiger partial charge in [0.15, 0.2) is 0 Å². The van der Waals surface area contributed by atoms with Gasteiger partial charge in [-0.2, -0.15) is 4.98 Å². The maximum atomic E-state index is 4.68. The minimum atomic E-state index is 0.557. The molecule has 5 aromatic rings. The quantitative estimate of drug-likeness (QED) is 0.453. The average molecular weight is 375 g/mol. The lowest BCUT2D eigenvalue weighted by Crippen LogP contribution is -2.01. The molecule has 29 heavy (non-hydrogen) atoms. The van der Waals surface area contributed by atoms with E-state index in [0.717, 1.165) is 39.4 Å². The molecule has 0 radical (unpaired) electrons. The third kappa shape index (κ3) is 3.28. The Morgan fingerprint density at radius 2 is 1.52 bits per heavy atom. The molecule has 0 atom stereocenters. The van der Waals surface area contributed by atoms with E-state index in [1.54, 1.807) is 0 Å². The van der Waals surface area contributed by atoms with E-state index in [2.05, 4.69) is 38.4 Å². The van der Waals surface area contributed by atoms with Crippen molar-refractivity contribution in [2.45, 2.75) is 6.92 Å². The summed E-state index contributed by atoms with van der Waals surface area (Å²) >= 11 is 0. The number of nitrogens with one attached hydrogen (secondary N) is 1. The number of fused-ring (bicyclic) bond motifs is 3. The lowest BCUT2D eigenvalue weighted by Gasteiger charge is -2.11. The monoisotopic (exact) mass is 375 g/mol. The van der Waals surface area contributed by atoms with Gasteiger partial charge in [-0.15, -0.1) is 10.2 Å². The van der Waals surface area contributed by atoms with Crippen LogP contribution in [0.1, 0.15) is 17.0 Å². The van der Waals surface area contributed by atoms with Crippen LogP contribution in [0.4, 0.5) is 11.5 Å². The van der Waals surface area contributed by atoms with Gasteiger partial charge in [0.2, 0.25) is 0 Å². The number of aryl methyl sites for hydroxylation is 1. The standard InChI is InChI=1S/C24H17N5/c1-17-27-28-24-26-23(25-20-10-6-3-7-11-20)21-15-14-19(16-22(21)29(17)24)13-12-18-8-4-2-5-9-18/h2-11,14-16H,1H3,(H,25,26,28). The van der Waals surface area contributed by atoms with E-state index in [4.69, 9.17) is 0 Å². The third-order valence-electron chi connectivity index (χ3n) is 4.67. The van der Waals surface area contributed by atoms with E-state index in [-0.39, 0.29) is 0 Å². The molecule has 0 aliphatic rings. The van der Waals surface area contributed by atoms with Crippen molar-refractivity contribution in [1.82, 2.24) is 19.6 Å². The second-order valence-corrected chi connectivity index (χ2v) is 6.68. The maximum absolute atomic E-state index is 4.68. The first-order chi connectivity index (χ1) is 14.3. The van der Waals surface area contributed by atoms with Crippen LogP contribution in [-0.2, 0) is 0 Å². The predicted molar refractivity (Wildman–Crippen MR) is 115 cm³/mol. The highest BCUT2D eigenvalue weighted by Gasteiger charge is 2.12. The predicted octanol–water partition coefficient (Wildman–Crippen LogP) is 4.73. The Hall–Kier alpha value is -4.17. The molecule has 5 rings (SSSR count). The molecule has 0 amide bonds. The zero-order chi connectivity index (χ0) is 19.6. The van der Waals surface area contributed by atoms with E-state index >= 15 is 0 Å². The number of benzene rings is 3. The Kier molecular flexibility index (Phi) is 4.15. The third-order valence-corrected chi connectivity index (χ3v) is 4.67. The van der Waals surface area contributed by atoms with Crippen LogP contribution in [0, 0.1) is 18.8 Å². The number of hydrogen-bond donors (Lipinski definition) is 1. The van der Waals surface area contributed by atoms with E-state index in [1.807, 2.05) is 84.1 Å². The number of rotatable bonds is 2. The van der Waals surface area contributed by atoms with Gasteiger partial charge in [0, 0.05) is 22.2 Å². The van der Waals surface area contributed by atoms with Gasteiger partial charge in [0.1, 0.15) is 11.6 Å². The van der Waals surface area contributed by atoms with Crippen molar-refractivity contribution >= 4 is 28.2 Å². The summed E-state index contributed by atoms with van der Waals surface area (Å²) in [4.78, 5) is 4.68. The molecule has 0 saturated heterocycles. The van der Waals surface area contributed by atoms with Crippen LogP contribution < -0.4 is 5.32 Å². The van der Waals surface area contributed by atoms with Crippen LogP contribution in [0.25, 0.3) is 16.7 Å². The van der Waals surface area contributed by atoms with Crippen molar-refractivity contribution < 1.29 is 0 Å². The van der Waals surface area contributed by atoms with Crippen LogP contribution in [0.15, 0.2) is 78.9 Å². The summed E-state index contributed by atoms with van der Waals surface area (Å²) in [6, 6.07) is 26.1. The second kappa shape index (κ2) is 7.10. The summed E-state index contributed by atoms with van der Waals surface area (Å²) in [6.07, 6.45) is 0. The number of para-hydroxylation sites is 1. The van der Waals surface area contributed by atoms with Crippen LogP contribution in [0.5, 0.6) is 0 Å². The zero-order valence-electron chi connectivity index (χ0n) is 15.8. The summed E-state index contributed by atoms with van der Waals surface area (Å²) in [5, 5.41) is 12.8. The molecule has 2 heterocycles. The molecular weight excluding hydrogens is 358 g/mol. The van der Waals surface area contributed by atoms with Gasteiger partial charge in [-0.3, -0.25) is 4.40 Å². The number of nitrogens with zero attached hydrogens (tertiary/aromatic N) is 4. The SMILES string of the molecule is Cc1nnc2nc(Nc3ccccc3)c3ccc(C#Cc4ccccc4)cc3n12. The van der Waals surface area contributed by atoms with E-state index in [9.17, 15) is 0 Å². The fourth-order valence-corrected chi connectivity index (χ4v) is 3.28. The summed E-state index contributed by atoms with van der Waals surface area (Å²) in [6.45, 7) is 1.92. The van der Waals surface area contributed by atoms with Crippen molar-refractivity contribution in [1.29, 1.82) is 0 Å². The fourth-order valence-electron chi connectivity index (χ4n) is 3.28. The minimum Gasteiger partial charge on any atom is -0.340 e. The Morgan fingerprint density at radius 1 is 0.793 bits per heavy atom. The second-order valence-electron chi connectivity index (χ2n) is 6.68. The molecule has 0 spiro atoms. The highest BCUT2D eigenvalue weighted by molar-refractivity contribution is 5.93. The summed E-state index contributed by atoms with van der Waals surface area (Å²) in [7, 11) is 0. The molecule has 0 aliphatic heterocycles. The average Bonchev–Trinajstić information content (AvgIpc) is 3.14.